The Labute approximate surface area is 257 Å². The first-order valence-corrected chi connectivity index (χ1v) is 13.4. The van der Waals surface area contributed by atoms with E-state index in [0.29, 0.717) is 0 Å². The summed E-state index contributed by atoms with van der Waals surface area (Å²) < 4.78 is 70.3. The van der Waals surface area contributed by atoms with Crippen molar-refractivity contribution in [1.82, 2.24) is 0 Å². The van der Waals surface area contributed by atoms with Crippen molar-refractivity contribution < 1.29 is 36.6 Å². The van der Waals surface area contributed by atoms with Crippen LogP contribution in [0.4, 0.5) is 28.9 Å². The van der Waals surface area contributed by atoms with Gasteiger partial charge in [-0.05, 0) is 48.5 Å². The number of carbonyl (C=O) groups excluding carboxylic acids is 2. The lowest BCUT2D eigenvalue weighted by Gasteiger charge is -2.15. The molecule has 5 aromatic carbocycles. The van der Waals surface area contributed by atoms with Crippen molar-refractivity contribution >= 4 is 46.4 Å². The number of halogens is 6. The van der Waals surface area contributed by atoms with Crippen LogP contribution in [0.5, 0.6) is 23.0 Å². The summed E-state index contributed by atoms with van der Waals surface area (Å²) in [6, 6.07) is 23.1. The second-order valence-corrected chi connectivity index (χ2v) is 9.86. The Morgan fingerprint density at radius 2 is 0.886 bits per heavy atom. The van der Waals surface area contributed by atoms with E-state index in [1.165, 1.54) is 72.8 Å². The van der Waals surface area contributed by atoms with Gasteiger partial charge in [0, 0.05) is 23.5 Å². The predicted octanol–water partition coefficient (Wildman–Crippen LogP) is 9.64. The van der Waals surface area contributed by atoms with Gasteiger partial charge in [0.1, 0.15) is 11.5 Å². The summed E-state index contributed by atoms with van der Waals surface area (Å²) in [6.07, 6.45) is 0. The van der Waals surface area contributed by atoms with E-state index in [1.54, 1.807) is 24.3 Å². The van der Waals surface area contributed by atoms with E-state index >= 15 is 17.6 Å². The van der Waals surface area contributed by atoms with Gasteiger partial charge in [0.15, 0.2) is 0 Å². The van der Waals surface area contributed by atoms with Crippen LogP contribution >= 0.6 is 23.2 Å². The number of rotatable bonds is 8. The van der Waals surface area contributed by atoms with E-state index in [9.17, 15) is 9.59 Å². The van der Waals surface area contributed by atoms with Crippen LogP contribution in [0.15, 0.2) is 97.1 Å². The Balaban J connectivity index is 1.35. The number of benzene rings is 5. The lowest BCUT2D eigenvalue weighted by molar-refractivity contribution is 0.101. The van der Waals surface area contributed by atoms with Crippen molar-refractivity contribution in [2.45, 2.75) is 0 Å². The molecule has 0 saturated carbocycles. The molecule has 0 radical (unpaired) electrons. The van der Waals surface area contributed by atoms with Gasteiger partial charge in [0.05, 0.1) is 21.2 Å². The molecule has 12 heteroatoms. The average molecular weight is 641 g/mol. The Morgan fingerprint density at radius 1 is 0.523 bits per heavy atom. The van der Waals surface area contributed by atoms with Gasteiger partial charge in [0.25, 0.3) is 11.8 Å². The van der Waals surface area contributed by atoms with Gasteiger partial charge < -0.3 is 20.1 Å². The summed E-state index contributed by atoms with van der Waals surface area (Å²) in [5.74, 6) is -11.8. The van der Waals surface area contributed by atoms with Crippen LogP contribution in [0.1, 0.15) is 20.7 Å². The van der Waals surface area contributed by atoms with Crippen LogP contribution in [0, 0.1) is 23.3 Å². The molecule has 6 nitrogen and oxygen atoms in total. The van der Waals surface area contributed by atoms with E-state index in [0.717, 1.165) is 0 Å². The fraction of sp³-hybridized carbons (Fsp3) is 0. The maximum absolute atomic E-state index is 15.0. The van der Waals surface area contributed by atoms with Crippen LogP contribution in [-0.2, 0) is 0 Å². The molecular formula is C32H18Cl2F4N2O4. The van der Waals surface area contributed by atoms with E-state index < -0.39 is 46.6 Å². The topological polar surface area (TPSA) is 76.7 Å². The van der Waals surface area contributed by atoms with Gasteiger partial charge >= 0.3 is 0 Å². The molecule has 0 heterocycles. The minimum Gasteiger partial charge on any atom is -0.451 e. The molecule has 0 aliphatic rings. The number of ether oxygens (including phenoxy) is 2. The van der Waals surface area contributed by atoms with Crippen LogP contribution in [0.3, 0.4) is 0 Å². The van der Waals surface area contributed by atoms with E-state index in [1.807, 2.05) is 0 Å². The summed E-state index contributed by atoms with van der Waals surface area (Å²) >= 11 is 12.1. The summed E-state index contributed by atoms with van der Waals surface area (Å²) in [5, 5.41) is 5.50. The zero-order valence-corrected chi connectivity index (χ0v) is 23.7. The second kappa shape index (κ2) is 13.1. The van der Waals surface area contributed by atoms with E-state index in [2.05, 4.69) is 10.6 Å². The first kappa shape index (κ1) is 30.4. The molecule has 0 spiro atoms. The fourth-order valence-corrected chi connectivity index (χ4v) is 4.41. The van der Waals surface area contributed by atoms with E-state index in [4.69, 9.17) is 32.7 Å². The smallest absolute Gasteiger partial charge is 0.257 e. The monoisotopic (exact) mass is 640 g/mol. The largest absolute Gasteiger partial charge is 0.451 e. The molecule has 44 heavy (non-hydrogen) atoms. The summed E-state index contributed by atoms with van der Waals surface area (Å²) in [5.41, 5.74) is 0.642. The summed E-state index contributed by atoms with van der Waals surface area (Å²) in [7, 11) is 0. The quantitative estimate of drug-likeness (QED) is 0.131. The van der Waals surface area contributed by atoms with Crippen LogP contribution in [0.25, 0.3) is 0 Å². The third-order valence-corrected chi connectivity index (χ3v) is 6.70. The highest BCUT2D eigenvalue weighted by molar-refractivity contribution is 6.34. The molecule has 0 aliphatic heterocycles. The number of nitrogens with one attached hydrogen (secondary N) is 2. The second-order valence-electron chi connectivity index (χ2n) is 9.04. The molecule has 0 atom stereocenters. The molecule has 0 bridgehead atoms. The van der Waals surface area contributed by atoms with Crippen LogP contribution in [0.2, 0.25) is 10.0 Å². The van der Waals surface area contributed by atoms with Gasteiger partial charge in [0.2, 0.25) is 34.8 Å². The lowest BCUT2D eigenvalue weighted by Crippen LogP contribution is -2.12. The number of carbonyl (C=O) groups is 2. The molecule has 0 fully saturated rings. The standard InChI is InChI=1S/C32H18Cl2F4N2O4/c33-23-13-3-1-11-21(23)31(41)39-17-7-5-9-19(15-17)43-29-25(35)27(37)30(28(38)26(29)36)44-20-10-6-8-18(16-20)40-32(42)22-12-2-4-14-24(22)34/h1-16H,(H,39,41)(H,40,42). The minimum absolute atomic E-state index is 0.149. The third-order valence-electron chi connectivity index (χ3n) is 6.04. The molecular weight excluding hydrogens is 623 g/mol. The van der Waals surface area contributed by atoms with Crippen molar-refractivity contribution in [3.8, 4) is 23.0 Å². The predicted molar refractivity (Wildman–Crippen MR) is 158 cm³/mol. The Bertz CT molecular complexity index is 1740. The first-order chi connectivity index (χ1) is 21.1. The SMILES string of the molecule is O=C(Nc1cccc(Oc2c(F)c(F)c(Oc3cccc(NC(=O)c4ccccc4Cl)c3)c(F)c2F)c1)c1ccccc1Cl. The highest BCUT2D eigenvalue weighted by atomic mass is 35.5. The van der Waals surface area contributed by atoms with Gasteiger partial charge in [-0.1, -0.05) is 59.6 Å². The molecule has 222 valence electrons. The van der Waals surface area contributed by atoms with E-state index in [-0.39, 0.29) is 44.0 Å². The average Bonchev–Trinajstić information content (AvgIpc) is 3.01. The number of anilines is 2. The number of amides is 2. The molecule has 5 aromatic rings. The van der Waals surface area contributed by atoms with Gasteiger partial charge in [-0.25, -0.2) is 0 Å². The maximum Gasteiger partial charge on any atom is 0.257 e. The lowest BCUT2D eigenvalue weighted by atomic mass is 10.2. The normalized spacial score (nSPS) is 10.7. The van der Waals surface area contributed by atoms with Crippen molar-refractivity contribution in [1.29, 1.82) is 0 Å². The molecule has 5 rings (SSSR count). The van der Waals surface area contributed by atoms with Crippen molar-refractivity contribution in [3.63, 3.8) is 0 Å². The molecule has 2 amide bonds. The van der Waals surface area contributed by atoms with Crippen LogP contribution in [-0.4, -0.2) is 11.8 Å². The van der Waals surface area contributed by atoms with Gasteiger partial charge in [-0.2, -0.15) is 17.6 Å². The Kier molecular flexibility index (Phi) is 9.03. The molecule has 2 N–H and O–H groups in total. The highest BCUT2D eigenvalue weighted by Gasteiger charge is 2.29. The highest BCUT2D eigenvalue weighted by Crippen LogP contribution is 2.39. The fourth-order valence-electron chi connectivity index (χ4n) is 3.97. The summed E-state index contributed by atoms with van der Waals surface area (Å²) in [4.78, 5) is 25.1. The molecule has 0 aliphatic carbocycles. The van der Waals surface area contributed by atoms with Crippen LogP contribution < -0.4 is 20.1 Å². The van der Waals surface area contributed by atoms with Crippen molar-refractivity contribution in [2.75, 3.05) is 10.6 Å². The van der Waals surface area contributed by atoms with Crippen molar-refractivity contribution in [3.05, 3.63) is 142 Å². The zero-order valence-electron chi connectivity index (χ0n) is 22.1. The third kappa shape index (κ3) is 6.61. The minimum atomic E-state index is -1.87. The summed E-state index contributed by atoms with van der Waals surface area (Å²) in [6.45, 7) is 0. The maximum atomic E-state index is 15.0. The Hall–Kier alpha value is -5.06. The molecule has 0 unspecified atom stereocenters. The number of hydrogen-bond donors (Lipinski definition) is 2. The zero-order chi connectivity index (χ0) is 31.4. The molecule has 0 saturated heterocycles. The number of hydrogen-bond acceptors (Lipinski definition) is 4. The first-order valence-electron chi connectivity index (χ1n) is 12.7. The molecule has 0 aromatic heterocycles. The van der Waals surface area contributed by atoms with Crippen molar-refractivity contribution in [2.24, 2.45) is 0 Å². The van der Waals surface area contributed by atoms with Gasteiger partial charge in [-0.15, -0.1) is 0 Å². The van der Waals surface area contributed by atoms with Gasteiger partial charge in [-0.3, -0.25) is 9.59 Å². The Morgan fingerprint density at radius 3 is 1.25 bits per heavy atom.